The molecule has 122 valence electrons. The van der Waals surface area contributed by atoms with Crippen LogP contribution in [0.4, 0.5) is 0 Å². The lowest BCUT2D eigenvalue weighted by atomic mass is 10.2. The molecule has 0 amide bonds. The number of rotatable bonds is 4. The highest BCUT2D eigenvalue weighted by Crippen LogP contribution is 2.32. The predicted molar refractivity (Wildman–Crippen MR) is 87.1 cm³/mol. The average molecular weight is 333 g/mol. The van der Waals surface area contributed by atoms with Crippen molar-refractivity contribution in [1.82, 2.24) is 4.31 Å². The first kappa shape index (κ1) is 15.8. The number of ether oxygens (including phenoxy) is 2. The number of fused-ring (bicyclic) bond motifs is 1. The summed E-state index contributed by atoms with van der Waals surface area (Å²) in [5.41, 5.74) is 0.938. The first-order valence-electron chi connectivity index (χ1n) is 7.47. The highest BCUT2D eigenvalue weighted by Gasteiger charge is 2.23. The van der Waals surface area contributed by atoms with E-state index in [0.29, 0.717) is 31.3 Å². The minimum Gasteiger partial charge on any atom is -0.490 e. The molecule has 1 heterocycles. The molecule has 5 nitrogen and oxygen atoms in total. The molecule has 1 aliphatic rings. The van der Waals surface area contributed by atoms with Crippen LogP contribution < -0.4 is 9.47 Å². The molecule has 0 atom stereocenters. The van der Waals surface area contributed by atoms with Crippen molar-refractivity contribution in [3.8, 4) is 11.5 Å². The summed E-state index contributed by atoms with van der Waals surface area (Å²) in [6, 6.07) is 14.3. The molecule has 1 aliphatic heterocycles. The molecule has 0 saturated carbocycles. The van der Waals surface area contributed by atoms with Crippen LogP contribution in [0.1, 0.15) is 12.0 Å². The quantitative estimate of drug-likeness (QED) is 0.863. The molecule has 6 heteroatoms. The van der Waals surface area contributed by atoms with E-state index in [9.17, 15) is 8.42 Å². The van der Waals surface area contributed by atoms with E-state index in [1.807, 2.05) is 30.3 Å². The summed E-state index contributed by atoms with van der Waals surface area (Å²) in [5.74, 6) is 1.07. The van der Waals surface area contributed by atoms with Crippen molar-refractivity contribution in [3.05, 3.63) is 54.1 Å². The topological polar surface area (TPSA) is 55.8 Å². The molecular formula is C17H19NO4S. The molecule has 3 rings (SSSR count). The zero-order chi connectivity index (χ0) is 16.3. The van der Waals surface area contributed by atoms with Crippen LogP contribution in [-0.2, 0) is 16.6 Å². The highest BCUT2D eigenvalue weighted by molar-refractivity contribution is 7.89. The Labute approximate surface area is 136 Å². The number of benzene rings is 2. The van der Waals surface area contributed by atoms with Crippen molar-refractivity contribution in [2.45, 2.75) is 17.9 Å². The minimum absolute atomic E-state index is 0.209. The zero-order valence-electron chi connectivity index (χ0n) is 12.9. The zero-order valence-corrected chi connectivity index (χ0v) is 13.8. The standard InChI is InChI=1S/C17H19NO4S/c1-18(13-14-6-3-2-4-7-14)23(19,20)15-8-9-16-17(12-15)22-11-5-10-21-16/h2-4,6-9,12H,5,10-11,13H2,1H3. The van der Waals surface area contributed by atoms with Crippen LogP contribution in [0.25, 0.3) is 0 Å². The SMILES string of the molecule is CN(Cc1ccccc1)S(=O)(=O)c1ccc2c(c1)OCCCO2. The molecule has 0 fully saturated rings. The highest BCUT2D eigenvalue weighted by atomic mass is 32.2. The lowest BCUT2D eigenvalue weighted by Crippen LogP contribution is -2.26. The van der Waals surface area contributed by atoms with Gasteiger partial charge in [-0.05, 0) is 17.7 Å². The third-order valence-electron chi connectivity index (χ3n) is 3.68. The molecule has 0 saturated heterocycles. The first-order valence-corrected chi connectivity index (χ1v) is 8.91. The van der Waals surface area contributed by atoms with Crippen LogP contribution >= 0.6 is 0 Å². The Kier molecular flexibility index (Phi) is 4.54. The van der Waals surface area contributed by atoms with Crippen molar-refractivity contribution in [2.75, 3.05) is 20.3 Å². The van der Waals surface area contributed by atoms with Gasteiger partial charge in [0.15, 0.2) is 11.5 Å². The Hall–Kier alpha value is -2.05. The number of sulfonamides is 1. The predicted octanol–water partition coefficient (Wildman–Crippen LogP) is 2.67. The molecule has 0 aromatic heterocycles. The van der Waals surface area contributed by atoms with E-state index < -0.39 is 10.0 Å². The van der Waals surface area contributed by atoms with Gasteiger partial charge in [-0.1, -0.05) is 30.3 Å². The van der Waals surface area contributed by atoms with Gasteiger partial charge in [0, 0.05) is 26.1 Å². The average Bonchev–Trinajstić information content (AvgIpc) is 2.80. The normalized spacial score (nSPS) is 14.5. The van der Waals surface area contributed by atoms with Crippen molar-refractivity contribution in [1.29, 1.82) is 0 Å². The Morgan fingerprint density at radius 3 is 2.43 bits per heavy atom. The Morgan fingerprint density at radius 1 is 1.00 bits per heavy atom. The third-order valence-corrected chi connectivity index (χ3v) is 5.47. The minimum atomic E-state index is -3.58. The molecule has 0 aliphatic carbocycles. The maximum Gasteiger partial charge on any atom is 0.243 e. The largest absolute Gasteiger partial charge is 0.490 e. The maximum absolute atomic E-state index is 12.7. The van der Waals surface area contributed by atoms with Crippen LogP contribution in [0.15, 0.2) is 53.4 Å². The molecule has 2 aromatic carbocycles. The molecule has 0 N–H and O–H groups in total. The van der Waals surface area contributed by atoms with E-state index in [2.05, 4.69) is 0 Å². The lowest BCUT2D eigenvalue weighted by Gasteiger charge is -2.18. The summed E-state index contributed by atoms with van der Waals surface area (Å²) in [7, 11) is -2.01. The lowest BCUT2D eigenvalue weighted by molar-refractivity contribution is 0.297. The van der Waals surface area contributed by atoms with Crippen molar-refractivity contribution >= 4 is 10.0 Å². The van der Waals surface area contributed by atoms with Gasteiger partial charge in [-0.15, -0.1) is 0 Å². The fourth-order valence-electron chi connectivity index (χ4n) is 2.41. The maximum atomic E-state index is 12.7. The molecule has 0 bridgehead atoms. The Morgan fingerprint density at radius 2 is 1.70 bits per heavy atom. The van der Waals surface area contributed by atoms with Gasteiger partial charge in [0.05, 0.1) is 18.1 Å². The van der Waals surface area contributed by atoms with Gasteiger partial charge in [0.1, 0.15) is 0 Å². The third kappa shape index (κ3) is 3.48. The summed E-state index contributed by atoms with van der Waals surface area (Å²) >= 11 is 0. The Balaban J connectivity index is 1.86. The number of nitrogens with zero attached hydrogens (tertiary/aromatic N) is 1. The van der Waals surface area contributed by atoms with E-state index >= 15 is 0 Å². The van der Waals surface area contributed by atoms with E-state index in [4.69, 9.17) is 9.47 Å². The van der Waals surface area contributed by atoms with Crippen molar-refractivity contribution < 1.29 is 17.9 Å². The van der Waals surface area contributed by atoms with Gasteiger partial charge in [0.25, 0.3) is 0 Å². The fraction of sp³-hybridized carbons (Fsp3) is 0.294. The molecule has 0 unspecified atom stereocenters. The second-order valence-corrected chi connectivity index (χ2v) is 7.45. The fourth-order valence-corrected chi connectivity index (χ4v) is 3.58. The van der Waals surface area contributed by atoms with Gasteiger partial charge in [-0.3, -0.25) is 0 Å². The monoisotopic (exact) mass is 333 g/mol. The van der Waals surface area contributed by atoms with Gasteiger partial charge in [-0.2, -0.15) is 4.31 Å². The summed E-state index contributed by atoms with van der Waals surface area (Å²) in [6.45, 7) is 1.42. The van der Waals surface area contributed by atoms with Crippen LogP contribution in [0.5, 0.6) is 11.5 Å². The van der Waals surface area contributed by atoms with Gasteiger partial charge < -0.3 is 9.47 Å². The van der Waals surface area contributed by atoms with Crippen molar-refractivity contribution in [3.63, 3.8) is 0 Å². The van der Waals surface area contributed by atoms with Gasteiger partial charge in [-0.25, -0.2) is 8.42 Å². The van der Waals surface area contributed by atoms with E-state index in [-0.39, 0.29) is 4.90 Å². The number of hydrogen-bond acceptors (Lipinski definition) is 4. The summed E-state index contributed by atoms with van der Waals surface area (Å²) in [4.78, 5) is 0.209. The molecular weight excluding hydrogens is 314 g/mol. The van der Waals surface area contributed by atoms with E-state index in [1.54, 1.807) is 19.2 Å². The molecule has 0 spiro atoms. The van der Waals surface area contributed by atoms with Gasteiger partial charge >= 0.3 is 0 Å². The van der Waals surface area contributed by atoms with E-state index in [1.165, 1.54) is 10.4 Å². The second kappa shape index (κ2) is 6.60. The summed E-state index contributed by atoms with van der Waals surface area (Å²) < 4.78 is 37.9. The first-order chi connectivity index (χ1) is 11.1. The second-order valence-electron chi connectivity index (χ2n) is 5.41. The molecule has 2 aromatic rings. The van der Waals surface area contributed by atoms with Crippen molar-refractivity contribution in [2.24, 2.45) is 0 Å². The summed E-state index contributed by atoms with van der Waals surface area (Å²) in [5, 5.41) is 0. The molecule has 0 radical (unpaired) electrons. The van der Waals surface area contributed by atoms with Crippen LogP contribution in [-0.4, -0.2) is 33.0 Å². The smallest absolute Gasteiger partial charge is 0.243 e. The van der Waals surface area contributed by atoms with Gasteiger partial charge in [0.2, 0.25) is 10.0 Å². The van der Waals surface area contributed by atoms with E-state index in [0.717, 1.165) is 12.0 Å². The number of hydrogen-bond donors (Lipinski definition) is 0. The Bertz CT molecular complexity index is 774. The van der Waals surface area contributed by atoms with Crippen LogP contribution in [0, 0.1) is 0 Å². The van der Waals surface area contributed by atoms with Crippen LogP contribution in [0.3, 0.4) is 0 Å². The molecule has 23 heavy (non-hydrogen) atoms. The van der Waals surface area contributed by atoms with Crippen LogP contribution in [0.2, 0.25) is 0 Å². The summed E-state index contributed by atoms with van der Waals surface area (Å²) in [6.07, 6.45) is 0.782.